The maximum Gasteiger partial charge on any atom is 0.257 e. The Balaban J connectivity index is 1.57. The van der Waals surface area contributed by atoms with Crippen molar-refractivity contribution in [1.82, 2.24) is 14.9 Å². The molecule has 1 atom stereocenters. The summed E-state index contributed by atoms with van der Waals surface area (Å²) in [7, 11) is 0. The zero-order valence-corrected chi connectivity index (χ0v) is 13.2. The summed E-state index contributed by atoms with van der Waals surface area (Å²) in [6.45, 7) is 0. The van der Waals surface area contributed by atoms with Gasteiger partial charge in [-0.25, -0.2) is 9.55 Å². The summed E-state index contributed by atoms with van der Waals surface area (Å²) < 4.78 is 1.70. The summed E-state index contributed by atoms with van der Waals surface area (Å²) >= 11 is 5.25. The van der Waals surface area contributed by atoms with Crippen molar-refractivity contribution in [2.45, 2.75) is 37.8 Å². The zero-order valence-electron chi connectivity index (χ0n) is 12.4. The van der Waals surface area contributed by atoms with Gasteiger partial charge in [0.2, 0.25) is 10.7 Å². The lowest BCUT2D eigenvalue weighted by Crippen LogP contribution is -2.30. The molecule has 0 radical (unpaired) electrons. The van der Waals surface area contributed by atoms with E-state index < -0.39 is 6.04 Å². The Morgan fingerprint density at radius 2 is 2.17 bits per heavy atom. The number of carbonyl (C=O) groups excluding carboxylic acids is 2. The number of amides is 1. The van der Waals surface area contributed by atoms with Crippen molar-refractivity contribution in [3.8, 4) is 0 Å². The monoisotopic (exact) mass is 328 g/mol. The molecule has 1 aromatic heterocycles. The zero-order chi connectivity index (χ0) is 16.0. The highest BCUT2D eigenvalue weighted by Gasteiger charge is 2.32. The van der Waals surface area contributed by atoms with Crippen LogP contribution in [0.15, 0.2) is 24.3 Å². The first-order valence-electron chi connectivity index (χ1n) is 7.75. The van der Waals surface area contributed by atoms with Crippen molar-refractivity contribution in [3.63, 3.8) is 0 Å². The Labute approximate surface area is 137 Å². The van der Waals surface area contributed by atoms with Crippen LogP contribution in [-0.4, -0.2) is 33.4 Å². The molecule has 1 fully saturated rings. The summed E-state index contributed by atoms with van der Waals surface area (Å²) in [6, 6.07) is 7.47. The van der Waals surface area contributed by atoms with E-state index >= 15 is 0 Å². The SMILES string of the molecule is O=C(CC[C@@H]1Nc2c3ccccc3nc(=S)n2C1=O)NC1CC1. The maximum absolute atomic E-state index is 12.6. The number of fused-ring (bicyclic) bond motifs is 3. The van der Waals surface area contributed by atoms with Gasteiger partial charge in [0.05, 0.1) is 5.52 Å². The minimum absolute atomic E-state index is 0.00429. The first kappa shape index (κ1) is 14.3. The largest absolute Gasteiger partial charge is 0.359 e. The van der Waals surface area contributed by atoms with E-state index in [9.17, 15) is 9.59 Å². The van der Waals surface area contributed by atoms with Crippen LogP contribution in [-0.2, 0) is 4.79 Å². The minimum atomic E-state index is -0.436. The summed E-state index contributed by atoms with van der Waals surface area (Å²) in [5.41, 5.74) is 0.760. The van der Waals surface area contributed by atoms with Crippen LogP contribution in [0.25, 0.3) is 10.9 Å². The molecule has 2 N–H and O–H groups in total. The fourth-order valence-corrected chi connectivity index (χ4v) is 3.15. The van der Waals surface area contributed by atoms with E-state index in [0.717, 1.165) is 23.7 Å². The van der Waals surface area contributed by atoms with E-state index in [1.807, 2.05) is 24.3 Å². The third-order valence-electron chi connectivity index (χ3n) is 4.22. The fourth-order valence-electron chi connectivity index (χ4n) is 2.87. The van der Waals surface area contributed by atoms with Gasteiger partial charge in [0.25, 0.3) is 5.91 Å². The molecule has 2 aliphatic rings. The van der Waals surface area contributed by atoms with Crippen molar-refractivity contribution in [1.29, 1.82) is 0 Å². The van der Waals surface area contributed by atoms with Gasteiger partial charge in [0, 0.05) is 17.8 Å². The number of benzene rings is 1. The number of hydrogen-bond donors (Lipinski definition) is 2. The molecule has 1 aromatic carbocycles. The number of aromatic nitrogens is 2. The Morgan fingerprint density at radius 1 is 1.39 bits per heavy atom. The molecule has 0 bridgehead atoms. The minimum Gasteiger partial charge on any atom is -0.359 e. The van der Waals surface area contributed by atoms with Crippen molar-refractivity contribution in [2.24, 2.45) is 0 Å². The van der Waals surface area contributed by atoms with Gasteiger partial charge < -0.3 is 10.6 Å². The van der Waals surface area contributed by atoms with Gasteiger partial charge in [-0.2, -0.15) is 0 Å². The highest BCUT2D eigenvalue weighted by atomic mass is 32.1. The fraction of sp³-hybridized carbons (Fsp3) is 0.375. The van der Waals surface area contributed by atoms with Gasteiger partial charge in [-0.3, -0.25) is 9.59 Å². The van der Waals surface area contributed by atoms with E-state index in [1.54, 1.807) is 0 Å². The third-order valence-corrected chi connectivity index (χ3v) is 4.50. The third kappa shape index (κ3) is 2.61. The van der Waals surface area contributed by atoms with Crippen LogP contribution in [0.5, 0.6) is 0 Å². The maximum atomic E-state index is 12.6. The Hall–Kier alpha value is -2.28. The number of hydrogen-bond acceptors (Lipinski definition) is 5. The lowest BCUT2D eigenvalue weighted by Gasteiger charge is -2.08. The first-order chi connectivity index (χ1) is 11.1. The second-order valence-electron chi connectivity index (χ2n) is 6.01. The van der Waals surface area contributed by atoms with Crippen molar-refractivity contribution < 1.29 is 9.59 Å². The molecule has 1 aliphatic carbocycles. The van der Waals surface area contributed by atoms with Crippen LogP contribution in [0.4, 0.5) is 5.82 Å². The van der Waals surface area contributed by atoms with Crippen LogP contribution in [0, 0.1) is 4.77 Å². The number of carbonyl (C=O) groups is 2. The number of para-hydroxylation sites is 1. The first-order valence-corrected chi connectivity index (χ1v) is 8.16. The van der Waals surface area contributed by atoms with Crippen molar-refractivity contribution in [2.75, 3.05) is 5.32 Å². The standard InChI is InChI=1S/C16H16N4O2S/c21-13(17-9-5-6-9)8-7-12-15(22)20-14(18-12)10-3-1-2-4-11(10)19-16(20)23/h1-4,9,12,18H,5-8H2,(H,17,21)/t12-/m0/s1. The van der Waals surface area contributed by atoms with E-state index in [2.05, 4.69) is 15.6 Å². The summed E-state index contributed by atoms with van der Waals surface area (Å²) in [5, 5.41) is 7.02. The predicted octanol–water partition coefficient (Wildman–Crippen LogP) is 2.26. The molecule has 7 heteroatoms. The smallest absolute Gasteiger partial charge is 0.257 e. The molecular weight excluding hydrogens is 312 g/mol. The number of rotatable bonds is 4. The Bertz CT molecular complexity index is 872. The van der Waals surface area contributed by atoms with E-state index in [1.165, 1.54) is 4.57 Å². The summed E-state index contributed by atoms with van der Waals surface area (Å²) in [4.78, 5) is 28.7. The molecule has 1 amide bonds. The highest BCUT2D eigenvalue weighted by Crippen LogP contribution is 2.29. The van der Waals surface area contributed by atoms with Gasteiger partial charge in [-0.05, 0) is 43.6 Å². The van der Waals surface area contributed by atoms with Crippen LogP contribution >= 0.6 is 12.2 Å². The average Bonchev–Trinajstić information content (AvgIpc) is 3.27. The van der Waals surface area contributed by atoms with E-state index in [0.29, 0.717) is 24.7 Å². The molecule has 1 saturated carbocycles. The van der Waals surface area contributed by atoms with E-state index in [4.69, 9.17) is 12.2 Å². The predicted molar refractivity (Wildman–Crippen MR) is 89.0 cm³/mol. The van der Waals surface area contributed by atoms with Crippen molar-refractivity contribution >= 4 is 40.8 Å². The van der Waals surface area contributed by atoms with Crippen LogP contribution < -0.4 is 10.6 Å². The second-order valence-corrected chi connectivity index (χ2v) is 6.38. The molecule has 2 aromatic rings. The number of nitrogens with zero attached hydrogens (tertiary/aromatic N) is 2. The van der Waals surface area contributed by atoms with Crippen LogP contribution in [0.1, 0.15) is 30.5 Å². The second kappa shape index (κ2) is 5.42. The lowest BCUT2D eigenvalue weighted by atomic mass is 10.1. The molecule has 0 spiro atoms. The molecule has 6 nitrogen and oxygen atoms in total. The van der Waals surface area contributed by atoms with Gasteiger partial charge in [0.15, 0.2) is 0 Å². The molecule has 23 heavy (non-hydrogen) atoms. The van der Waals surface area contributed by atoms with Gasteiger partial charge in [-0.15, -0.1) is 0 Å². The highest BCUT2D eigenvalue weighted by molar-refractivity contribution is 7.71. The normalized spacial score (nSPS) is 19.5. The van der Waals surface area contributed by atoms with Gasteiger partial charge in [0.1, 0.15) is 11.9 Å². The molecule has 0 unspecified atom stereocenters. The Morgan fingerprint density at radius 3 is 2.96 bits per heavy atom. The summed E-state index contributed by atoms with van der Waals surface area (Å²) in [6.07, 6.45) is 2.89. The molecular formula is C16H16N4O2S. The molecule has 118 valence electrons. The van der Waals surface area contributed by atoms with Crippen molar-refractivity contribution in [3.05, 3.63) is 29.0 Å². The van der Waals surface area contributed by atoms with E-state index in [-0.39, 0.29) is 16.6 Å². The van der Waals surface area contributed by atoms with Gasteiger partial charge >= 0.3 is 0 Å². The summed E-state index contributed by atoms with van der Waals surface area (Å²) in [5.74, 6) is 0.547. The molecule has 4 rings (SSSR count). The quantitative estimate of drug-likeness (QED) is 0.842. The Kier molecular flexibility index (Phi) is 3.37. The average molecular weight is 328 g/mol. The molecule has 1 aliphatic heterocycles. The topological polar surface area (TPSA) is 76.0 Å². The number of nitrogens with one attached hydrogen (secondary N) is 2. The van der Waals surface area contributed by atoms with Crippen LogP contribution in [0.2, 0.25) is 0 Å². The molecule has 2 heterocycles. The van der Waals surface area contributed by atoms with Gasteiger partial charge in [-0.1, -0.05) is 12.1 Å². The molecule has 0 saturated heterocycles. The van der Waals surface area contributed by atoms with Crippen LogP contribution in [0.3, 0.4) is 0 Å². The number of anilines is 1. The lowest BCUT2D eigenvalue weighted by molar-refractivity contribution is -0.121.